The van der Waals surface area contributed by atoms with E-state index in [9.17, 15) is 4.79 Å². The summed E-state index contributed by atoms with van der Waals surface area (Å²) in [6.45, 7) is 1.36. The SMILES string of the molecule is COc1cccc(-c2[nH]c3ccccc3c2C2c3ccccc3C(=O)N2CC2CCCO2)c1. The zero-order valence-electron chi connectivity index (χ0n) is 18.6. The van der Waals surface area contributed by atoms with Crippen LogP contribution in [0.3, 0.4) is 0 Å². The van der Waals surface area contributed by atoms with Crippen molar-refractivity contribution in [3.05, 3.63) is 89.5 Å². The first kappa shape index (κ1) is 20.1. The Balaban J connectivity index is 1.58. The Labute approximate surface area is 192 Å². The van der Waals surface area contributed by atoms with E-state index in [2.05, 4.69) is 35.3 Å². The molecule has 33 heavy (non-hydrogen) atoms. The molecular weight excluding hydrogens is 412 g/mol. The zero-order valence-corrected chi connectivity index (χ0v) is 18.6. The molecule has 3 aromatic carbocycles. The normalized spacial score (nSPS) is 19.9. The number of amides is 1. The third kappa shape index (κ3) is 3.31. The molecule has 1 fully saturated rings. The maximum absolute atomic E-state index is 13.6. The Morgan fingerprint density at radius 3 is 2.76 bits per heavy atom. The number of nitrogens with zero attached hydrogens (tertiary/aromatic N) is 1. The summed E-state index contributed by atoms with van der Waals surface area (Å²) >= 11 is 0. The second-order valence-corrected chi connectivity index (χ2v) is 8.77. The minimum absolute atomic E-state index is 0.0768. The number of fused-ring (bicyclic) bond motifs is 2. The molecule has 0 aliphatic carbocycles. The molecule has 2 atom stereocenters. The van der Waals surface area contributed by atoms with Crippen molar-refractivity contribution in [2.45, 2.75) is 25.0 Å². The smallest absolute Gasteiger partial charge is 0.255 e. The number of benzene rings is 3. The van der Waals surface area contributed by atoms with Crippen LogP contribution in [-0.4, -0.2) is 42.2 Å². The first-order valence-electron chi connectivity index (χ1n) is 11.5. The highest BCUT2D eigenvalue weighted by Gasteiger charge is 2.41. The molecule has 1 saturated heterocycles. The minimum Gasteiger partial charge on any atom is -0.497 e. The molecule has 0 radical (unpaired) electrons. The molecule has 1 N–H and O–H groups in total. The largest absolute Gasteiger partial charge is 0.497 e. The van der Waals surface area contributed by atoms with E-state index in [0.717, 1.165) is 64.0 Å². The summed E-state index contributed by atoms with van der Waals surface area (Å²) in [7, 11) is 1.68. The van der Waals surface area contributed by atoms with Gasteiger partial charge >= 0.3 is 0 Å². The maximum atomic E-state index is 13.6. The quantitative estimate of drug-likeness (QED) is 0.443. The Morgan fingerprint density at radius 2 is 1.91 bits per heavy atom. The zero-order chi connectivity index (χ0) is 22.4. The fourth-order valence-electron chi connectivity index (χ4n) is 5.33. The van der Waals surface area contributed by atoms with Gasteiger partial charge in [-0.1, -0.05) is 48.5 Å². The molecule has 4 aromatic rings. The second kappa shape index (κ2) is 8.09. The van der Waals surface area contributed by atoms with Crippen molar-refractivity contribution in [3.8, 4) is 17.0 Å². The van der Waals surface area contributed by atoms with Crippen molar-refractivity contribution in [2.75, 3.05) is 20.3 Å². The molecule has 0 saturated carbocycles. The predicted octanol–water partition coefficient (Wildman–Crippen LogP) is 5.57. The van der Waals surface area contributed by atoms with Crippen LogP contribution >= 0.6 is 0 Å². The van der Waals surface area contributed by atoms with Crippen molar-refractivity contribution in [3.63, 3.8) is 0 Å². The van der Waals surface area contributed by atoms with E-state index in [-0.39, 0.29) is 18.1 Å². The molecule has 5 heteroatoms. The molecule has 2 aliphatic heterocycles. The third-order valence-corrected chi connectivity index (χ3v) is 6.86. The van der Waals surface area contributed by atoms with Crippen LogP contribution in [0.25, 0.3) is 22.2 Å². The van der Waals surface area contributed by atoms with Gasteiger partial charge in [-0.2, -0.15) is 0 Å². The monoisotopic (exact) mass is 438 g/mol. The van der Waals surface area contributed by atoms with E-state index in [1.54, 1.807) is 7.11 Å². The fourth-order valence-corrected chi connectivity index (χ4v) is 5.33. The van der Waals surface area contributed by atoms with E-state index < -0.39 is 0 Å². The van der Waals surface area contributed by atoms with Gasteiger partial charge in [0.25, 0.3) is 5.91 Å². The van der Waals surface area contributed by atoms with Crippen LogP contribution in [0.4, 0.5) is 0 Å². The van der Waals surface area contributed by atoms with Gasteiger partial charge in [0.2, 0.25) is 0 Å². The van der Waals surface area contributed by atoms with Crippen molar-refractivity contribution in [1.29, 1.82) is 0 Å². The fraction of sp³-hybridized carbons (Fsp3) is 0.250. The molecule has 2 aliphatic rings. The van der Waals surface area contributed by atoms with Crippen LogP contribution in [-0.2, 0) is 4.74 Å². The number of ether oxygens (including phenoxy) is 2. The lowest BCUT2D eigenvalue weighted by molar-refractivity contribution is 0.0501. The summed E-state index contributed by atoms with van der Waals surface area (Å²) in [4.78, 5) is 19.3. The van der Waals surface area contributed by atoms with Gasteiger partial charge in [-0.25, -0.2) is 0 Å². The first-order chi connectivity index (χ1) is 16.2. The Kier molecular flexibility index (Phi) is 4.92. The molecule has 6 rings (SSSR count). The number of hydrogen-bond donors (Lipinski definition) is 1. The lowest BCUT2D eigenvalue weighted by atomic mass is 9.93. The van der Waals surface area contributed by atoms with Gasteiger partial charge in [0.1, 0.15) is 5.75 Å². The molecule has 1 aromatic heterocycles. The van der Waals surface area contributed by atoms with Gasteiger partial charge in [0.05, 0.1) is 24.9 Å². The third-order valence-electron chi connectivity index (χ3n) is 6.86. The highest BCUT2D eigenvalue weighted by atomic mass is 16.5. The molecule has 3 heterocycles. The van der Waals surface area contributed by atoms with Gasteiger partial charge in [0.15, 0.2) is 0 Å². The van der Waals surface area contributed by atoms with Crippen LogP contribution in [0, 0.1) is 0 Å². The van der Waals surface area contributed by atoms with E-state index in [1.807, 2.05) is 47.4 Å². The summed E-state index contributed by atoms with van der Waals surface area (Å²) < 4.78 is 11.4. The van der Waals surface area contributed by atoms with Crippen LogP contribution in [0.2, 0.25) is 0 Å². The minimum atomic E-state index is -0.185. The Bertz CT molecular complexity index is 1340. The standard InChI is InChI=1S/C28H26N2O3/c1-32-19-9-6-8-18(16-19)26-25(23-13-4-5-14-24(23)29-26)27-21-11-2-3-12-22(21)28(31)30(27)17-20-10-7-15-33-20/h2-6,8-9,11-14,16,20,27,29H,7,10,15,17H2,1H3. The number of methoxy groups -OCH3 is 1. The average molecular weight is 439 g/mol. The number of hydrogen-bond acceptors (Lipinski definition) is 3. The van der Waals surface area contributed by atoms with Crippen molar-refractivity contribution in [2.24, 2.45) is 0 Å². The van der Waals surface area contributed by atoms with Crippen LogP contribution < -0.4 is 4.74 Å². The van der Waals surface area contributed by atoms with Gasteiger partial charge in [-0.3, -0.25) is 4.79 Å². The Hall–Kier alpha value is -3.57. The number of carbonyl (C=O) groups excluding carboxylic acids is 1. The molecule has 0 bridgehead atoms. The summed E-state index contributed by atoms with van der Waals surface area (Å²) in [6.07, 6.45) is 2.12. The van der Waals surface area contributed by atoms with E-state index >= 15 is 0 Å². The summed E-state index contributed by atoms with van der Waals surface area (Å²) in [5, 5.41) is 1.13. The van der Waals surface area contributed by atoms with E-state index in [4.69, 9.17) is 9.47 Å². The second-order valence-electron chi connectivity index (χ2n) is 8.77. The molecule has 0 spiro atoms. The number of carbonyl (C=O) groups is 1. The lowest BCUT2D eigenvalue weighted by Crippen LogP contribution is -2.35. The summed E-state index contributed by atoms with van der Waals surface area (Å²) in [6, 6.07) is 24.2. The number of nitrogens with one attached hydrogen (secondary N) is 1. The summed E-state index contributed by atoms with van der Waals surface area (Å²) in [5.41, 5.74) is 6.06. The Morgan fingerprint density at radius 1 is 1.06 bits per heavy atom. The van der Waals surface area contributed by atoms with E-state index in [1.165, 1.54) is 0 Å². The number of aromatic nitrogens is 1. The molecule has 1 amide bonds. The van der Waals surface area contributed by atoms with Gasteiger partial charge in [0, 0.05) is 40.7 Å². The predicted molar refractivity (Wildman–Crippen MR) is 129 cm³/mol. The highest BCUT2D eigenvalue weighted by molar-refractivity contribution is 6.02. The topological polar surface area (TPSA) is 54.6 Å². The van der Waals surface area contributed by atoms with Gasteiger partial charge < -0.3 is 19.4 Å². The molecule has 5 nitrogen and oxygen atoms in total. The van der Waals surface area contributed by atoms with Crippen molar-refractivity contribution < 1.29 is 14.3 Å². The van der Waals surface area contributed by atoms with Gasteiger partial charge in [-0.15, -0.1) is 0 Å². The maximum Gasteiger partial charge on any atom is 0.255 e. The van der Waals surface area contributed by atoms with Crippen LogP contribution in [0.5, 0.6) is 5.75 Å². The first-order valence-corrected chi connectivity index (χ1v) is 11.5. The average Bonchev–Trinajstić information content (AvgIpc) is 3.57. The van der Waals surface area contributed by atoms with Crippen molar-refractivity contribution >= 4 is 16.8 Å². The lowest BCUT2D eigenvalue weighted by Gasteiger charge is -2.29. The van der Waals surface area contributed by atoms with Crippen molar-refractivity contribution in [1.82, 2.24) is 9.88 Å². The van der Waals surface area contributed by atoms with E-state index in [0.29, 0.717) is 6.54 Å². The number of H-pyrrole nitrogens is 1. The van der Waals surface area contributed by atoms with Gasteiger partial charge in [-0.05, 0) is 42.7 Å². The number of rotatable bonds is 5. The molecule has 166 valence electrons. The number of aromatic amines is 1. The number of para-hydroxylation sites is 1. The molecule has 2 unspecified atom stereocenters. The van der Waals surface area contributed by atoms with Crippen LogP contribution in [0.1, 0.15) is 40.4 Å². The van der Waals surface area contributed by atoms with Crippen LogP contribution in [0.15, 0.2) is 72.8 Å². The summed E-state index contributed by atoms with van der Waals surface area (Å²) in [5.74, 6) is 0.879. The molecular formula is C28H26N2O3. The highest BCUT2D eigenvalue weighted by Crippen LogP contribution is 2.46.